The van der Waals surface area contributed by atoms with E-state index in [2.05, 4.69) is 53.7 Å². The van der Waals surface area contributed by atoms with Crippen molar-refractivity contribution in [2.75, 3.05) is 23.3 Å². The van der Waals surface area contributed by atoms with Crippen molar-refractivity contribution in [3.05, 3.63) is 66.4 Å². The molecule has 0 bridgehead atoms. The molecule has 2 N–H and O–H groups in total. The summed E-state index contributed by atoms with van der Waals surface area (Å²) in [5, 5.41) is 7.43. The SMILES string of the molecule is CC(C)c1ccc(N(C(=O)Nc2ccnc3ccccc23)C2CCNC2)cc1. The molecule has 2 heterocycles. The predicted octanol–water partition coefficient (Wildman–Crippen LogP) is 4.76. The number of aromatic nitrogens is 1. The van der Waals surface area contributed by atoms with Crippen molar-refractivity contribution in [3.63, 3.8) is 0 Å². The van der Waals surface area contributed by atoms with Crippen LogP contribution in [0.3, 0.4) is 0 Å². The molecule has 0 saturated carbocycles. The van der Waals surface area contributed by atoms with Gasteiger partial charge in [0.1, 0.15) is 0 Å². The van der Waals surface area contributed by atoms with Gasteiger partial charge in [0.05, 0.1) is 17.2 Å². The summed E-state index contributed by atoms with van der Waals surface area (Å²) in [6, 6.07) is 18.1. The van der Waals surface area contributed by atoms with Gasteiger partial charge < -0.3 is 10.6 Å². The number of para-hydroxylation sites is 1. The Hall–Kier alpha value is -2.92. The number of hydrogen-bond acceptors (Lipinski definition) is 3. The van der Waals surface area contributed by atoms with E-state index in [9.17, 15) is 4.79 Å². The molecule has 28 heavy (non-hydrogen) atoms. The second-order valence-electron chi connectivity index (χ2n) is 7.57. The van der Waals surface area contributed by atoms with Gasteiger partial charge in [-0.2, -0.15) is 0 Å². The van der Waals surface area contributed by atoms with Crippen LogP contribution in [0.2, 0.25) is 0 Å². The average Bonchev–Trinajstić information content (AvgIpc) is 3.23. The van der Waals surface area contributed by atoms with Crippen molar-refractivity contribution in [2.24, 2.45) is 0 Å². The molecule has 1 saturated heterocycles. The van der Waals surface area contributed by atoms with Gasteiger partial charge in [0.2, 0.25) is 0 Å². The number of amides is 2. The first-order valence-corrected chi connectivity index (χ1v) is 9.88. The minimum Gasteiger partial charge on any atom is -0.315 e. The van der Waals surface area contributed by atoms with E-state index in [4.69, 9.17) is 0 Å². The minimum atomic E-state index is -0.109. The smallest absolute Gasteiger partial charge is 0.315 e. The third-order valence-electron chi connectivity index (χ3n) is 5.35. The lowest BCUT2D eigenvalue weighted by atomic mass is 10.0. The summed E-state index contributed by atoms with van der Waals surface area (Å²) >= 11 is 0. The number of carbonyl (C=O) groups is 1. The van der Waals surface area contributed by atoms with Gasteiger partial charge in [-0.1, -0.05) is 44.2 Å². The maximum Gasteiger partial charge on any atom is 0.326 e. The molecule has 1 atom stereocenters. The highest BCUT2D eigenvalue weighted by atomic mass is 16.2. The van der Waals surface area contributed by atoms with Crippen LogP contribution in [0.1, 0.15) is 31.7 Å². The summed E-state index contributed by atoms with van der Waals surface area (Å²) in [6.07, 6.45) is 2.67. The fourth-order valence-electron chi connectivity index (χ4n) is 3.75. The Balaban J connectivity index is 1.65. The van der Waals surface area contributed by atoms with Crippen LogP contribution in [0.15, 0.2) is 60.8 Å². The van der Waals surface area contributed by atoms with Crippen molar-refractivity contribution in [1.29, 1.82) is 0 Å². The Morgan fingerprint density at radius 2 is 1.93 bits per heavy atom. The zero-order valence-electron chi connectivity index (χ0n) is 16.4. The number of hydrogen-bond donors (Lipinski definition) is 2. The largest absolute Gasteiger partial charge is 0.326 e. The van der Waals surface area contributed by atoms with Crippen LogP contribution >= 0.6 is 0 Å². The molecular formula is C23H26N4O. The van der Waals surface area contributed by atoms with E-state index in [-0.39, 0.29) is 12.1 Å². The molecule has 0 radical (unpaired) electrons. The van der Waals surface area contributed by atoms with Gasteiger partial charge in [0.15, 0.2) is 0 Å². The zero-order valence-corrected chi connectivity index (χ0v) is 16.4. The Morgan fingerprint density at radius 3 is 2.64 bits per heavy atom. The monoisotopic (exact) mass is 374 g/mol. The first-order valence-electron chi connectivity index (χ1n) is 9.88. The number of nitrogens with zero attached hydrogens (tertiary/aromatic N) is 2. The molecule has 0 aliphatic carbocycles. The first kappa shape index (κ1) is 18.4. The molecule has 1 fully saturated rings. The molecule has 1 aliphatic rings. The summed E-state index contributed by atoms with van der Waals surface area (Å²) < 4.78 is 0. The fourth-order valence-corrected chi connectivity index (χ4v) is 3.75. The van der Waals surface area contributed by atoms with Crippen LogP contribution in [0.5, 0.6) is 0 Å². The maximum absolute atomic E-state index is 13.3. The number of carbonyl (C=O) groups excluding carboxylic acids is 1. The standard InChI is InChI=1S/C23H26N4O/c1-16(2)17-7-9-18(10-8-17)27(19-11-13-24-15-19)23(28)26-22-12-14-25-21-6-4-3-5-20(21)22/h3-10,12,14,16,19,24H,11,13,15H2,1-2H3,(H,25,26,28). The van der Waals surface area contributed by atoms with Gasteiger partial charge in [0.25, 0.3) is 0 Å². The average molecular weight is 374 g/mol. The number of urea groups is 1. The Labute approximate surface area is 165 Å². The van der Waals surface area contributed by atoms with Gasteiger partial charge in [-0.15, -0.1) is 0 Å². The number of anilines is 2. The van der Waals surface area contributed by atoms with Crippen LogP contribution < -0.4 is 15.5 Å². The summed E-state index contributed by atoms with van der Waals surface area (Å²) in [6.45, 7) is 6.08. The molecule has 2 amide bonds. The quantitative estimate of drug-likeness (QED) is 0.692. The van der Waals surface area contributed by atoms with E-state index in [1.165, 1.54) is 5.56 Å². The van der Waals surface area contributed by atoms with Gasteiger partial charge in [-0.3, -0.25) is 9.88 Å². The Bertz CT molecular complexity index is 957. The fraction of sp³-hybridized carbons (Fsp3) is 0.304. The molecule has 1 aromatic heterocycles. The second kappa shape index (κ2) is 7.98. The number of benzene rings is 2. The van der Waals surface area contributed by atoms with Crippen molar-refractivity contribution in [1.82, 2.24) is 10.3 Å². The van der Waals surface area contributed by atoms with Crippen LogP contribution in [0.4, 0.5) is 16.2 Å². The minimum absolute atomic E-state index is 0.109. The summed E-state index contributed by atoms with van der Waals surface area (Å²) in [5.41, 5.74) is 3.85. The Kier molecular flexibility index (Phi) is 5.26. The highest BCUT2D eigenvalue weighted by Gasteiger charge is 2.28. The number of rotatable bonds is 4. The molecule has 3 aromatic rings. The van der Waals surface area contributed by atoms with Gasteiger partial charge >= 0.3 is 6.03 Å². The number of pyridine rings is 1. The third kappa shape index (κ3) is 3.71. The first-order chi connectivity index (χ1) is 13.6. The van der Waals surface area contributed by atoms with Crippen molar-refractivity contribution < 1.29 is 4.79 Å². The molecule has 144 valence electrons. The zero-order chi connectivity index (χ0) is 19.5. The summed E-state index contributed by atoms with van der Waals surface area (Å²) in [7, 11) is 0. The molecule has 5 nitrogen and oxygen atoms in total. The molecule has 2 aromatic carbocycles. The van der Waals surface area contributed by atoms with Crippen LogP contribution in [0, 0.1) is 0 Å². The van der Waals surface area contributed by atoms with Crippen molar-refractivity contribution in [2.45, 2.75) is 32.2 Å². The topological polar surface area (TPSA) is 57.3 Å². The van der Waals surface area contributed by atoms with Crippen molar-refractivity contribution in [3.8, 4) is 0 Å². The number of nitrogens with one attached hydrogen (secondary N) is 2. The van der Waals surface area contributed by atoms with Crippen molar-refractivity contribution >= 4 is 28.3 Å². The molecular weight excluding hydrogens is 348 g/mol. The van der Waals surface area contributed by atoms with Crippen LogP contribution in [0.25, 0.3) is 10.9 Å². The van der Waals surface area contributed by atoms with E-state index in [1.807, 2.05) is 35.2 Å². The van der Waals surface area contributed by atoms with E-state index in [0.29, 0.717) is 5.92 Å². The molecule has 0 spiro atoms. The molecule has 1 unspecified atom stereocenters. The van der Waals surface area contributed by atoms with E-state index in [0.717, 1.165) is 41.8 Å². The number of fused-ring (bicyclic) bond motifs is 1. The lowest BCUT2D eigenvalue weighted by Crippen LogP contribution is -2.44. The highest BCUT2D eigenvalue weighted by molar-refractivity contribution is 6.07. The normalized spacial score (nSPS) is 16.5. The molecule has 1 aliphatic heterocycles. The summed E-state index contributed by atoms with van der Waals surface area (Å²) in [4.78, 5) is 19.6. The lowest BCUT2D eigenvalue weighted by Gasteiger charge is -2.29. The summed E-state index contributed by atoms with van der Waals surface area (Å²) in [5.74, 6) is 0.465. The molecule has 4 rings (SSSR count). The molecule has 5 heteroatoms. The maximum atomic E-state index is 13.3. The Morgan fingerprint density at radius 1 is 1.14 bits per heavy atom. The lowest BCUT2D eigenvalue weighted by molar-refractivity contribution is 0.255. The van der Waals surface area contributed by atoms with Crippen LogP contribution in [-0.2, 0) is 0 Å². The van der Waals surface area contributed by atoms with Crippen LogP contribution in [-0.4, -0.2) is 30.1 Å². The second-order valence-corrected chi connectivity index (χ2v) is 7.57. The van der Waals surface area contributed by atoms with E-state index in [1.54, 1.807) is 6.20 Å². The van der Waals surface area contributed by atoms with Gasteiger partial charge in [0, 0.05) is 23.8 Å². The van der Waals surface area contributed by atoms with E-state index >= 15 is 0 Å². The highest BCUT2D eigenvalue weighted by Crippen LogP contribution is 2.26. The predicted molar refractivity (Wildman–Crippen MR) is 115 cm³/mol. The van der Waals surface area contributed by atoms with E-state index < -0.39 is 0 Å². The van der Waals surface area contributed by atoms with Gasteiger partial charge in [-0.05, 0) is 48.7 Å². The third-order valence-corrected chi connectivity index (χ3v) is 5.35. The van der Waals surface area contributed by atoms with Gasteiger partial charge in [-0.25, -0.2) is 4.79 Å².